The third-order valence-electron chi connectivity index (χ3n) is 6.77. The van der Waals surface area contributed by atoms with Gasteiger partial charge in [0.1, 0.15) is 5.82 Å². The average Bonchev–Trinajstić information content (AvgIpc) is 3.33. The van der Waals surface area contributed by atoms with Gasteiger partial charge in [-0.3, -0.25) is 14.5 Å². The molecule has 2 aromatic carbocycles. The maximum Gasteiger partial charge on any atom is 0.237 e. The molecule has 0 radical (unpaired) electrons. The summed E-state index contributed by atoms with van der Waals surface area (Å²) in [5.74, 6) is -0.263. The highest BCUT2D eigenvalue weighted by Gasteiger charge is 2.34. The zero-order valence-corrected chi connectivity index (χ0v) is 19.8. The summed E-state index contributed by atoms with van der Waals surface area (Å²) in [5.41, 5.74) is 4.54. The number of carbonyl (C=O) groups is 2. The van der Waals surface area contributed by atoms with Gasteiger partial charge in [0.15, 0.2) is 0 Å². The minimum Gasteiger partial charge on any atom is -0.354 e. The molecule has 176 valence electrons. The Morgan fingerprint density at radius 2 is 1.79 bits per heavy atom. The first-order valence-electron chi connectivity index (χ1n) is 11.7. The number of benzene rings is 2. The van der Waals surface area contributed by atoms with Crippen molar-refractivity contribution in [2.24, 2.45) is 0 Å². The Hall–Kier alpha value is -3.03. The summed E-state index contributed by atoms with van der Waals surface area (Å²) < 4.78 is 13.1. The lowest BCUT2D eigenvalue weighted by atomic mass is 9.93. The largest absolute Gasteiger partial charge is 0.354 e. The molecule has 3 heterocycles. The number of carbonyl (C=O) groups excluding carboxylic acids is 2. The summed E-state index contributed by atoms with van der Waals surface area (Å²) in [5, 5.41) is 5.13. The Bertz CT molecular complexity index is 1180. The Morgan fingerprint density at radius 3 is 2.62 bits per heavy atom. The molecule has 3 aromatic rings. The Labute approximate surface area is 203 Å². The first-order chi connectivity index (χ1) is 16.6. The topological polar surface area (TPSA) is 52.7 Å². The predicted molar refractivity (Wildman–Crippen MR) is 131 cm³/mol. The summed E-state index contributed by atoms with van der Waals surface area (Å²) in [6.45, 7) is 2.65. The molecule has 5 rings (SSSR count). The van der Waals surface area contributed by atoms with Crippen LogP contribution in [0.2, 0.25) is 0 Å². The van der Waals surface area contributed by atoms with Crippen molar-refractivity contribution in [3.63, 3.8) is 0 Å². The van der Waals surface area contributed by atoms with Gasteiger partial charge in [-0.05, 0) is 65.1 Å². The highest BCUT2D eigenvalue weighted by Crippen LogP contribution is 2.26. The van der Waals surface area contributed by atoms with Crippen LogP contribution in [-0.4, -0.2) is 47.3 Å². The lowest BCUT2D eigenvalue weighted by Gasteiger charge is -2.37. The molecule has 34 heavy (non-hydrogen) atoms. The molecule has 0 saturated carbocycles. The third kappa shape index (κ3) is 5.05. The standard InChI is InChI=1S/C27H28FN3O2S/c28-23-7-5-19(6-8-23)9-12-29-27(33)24-15-20-3-1-2-4-21(20)16-31(24)18-26(32)30-13-10-25-22(17-30)11-14-34-25/h1-8,11,14,24H,9-10,12-13,15-18H2,(H,29,33). The number of nitrogens with zero attached hydrogens (tertiary/aromatic N) is 2. The Balaban J connectivity index is 1.25. The van der Waals surface area contributed by atoms with Gasteiger partial charge >= 0.3 is 0 Å². The third-order valence-corrected chi connectivity index (χ3v) is 7.80. The predicted octanol–water partition coefficient (Wildman–Crippen LogP) is 3.56. The van der Waals surface area contributed by atoms with Crippen molar-refractivity contribution in [3.05, 3.63) is 92.9 Å². The van der Waals surface area contributed by atoms with Gasteiger partial charge in [0.05, 0.1) is 12.6 Å². The van der Waals surface area contributed by atoms with E-state index in [2.05, 4.69) is 28.9 Å². The van der Waals surface area contributed by atoms with Crippen LogP contribution in [0.5, 0.6) is 0 Å². The van der Waals surface area contributed by atoms with Crippen LogP contribution in [0.3, 0.4) is 0 Å². The number of hydrogen-bond acceptors (Lipinski definition) is 4. The van der Waals surface area contributed by atoms with Crippen LogP contribution in [0.4, 0.5) is 4.39 Å². The number of halogens is 1. The average molecular weight is 478 g/mol. The van der Waals surface area contributed by atoms with Gasteiger partial charge in [-0.2, -0.15) is 0 Å². The van der Waals surface area contributed by atoms with E-state index < -0.39 is 6.04 Å². The highest BCUT2D eigenvalue weighted by molar-refractivity contribution is 7.10. The monoisotopic (exact) mass is 477 g/mol. The van der Waals surface area contributed by atoms with Crippen LogP contribution in [0.1, 0.15) is 27.1 Å². The molecule has 0 aliphatic carbocycles. The van der Waals surface area contributed by atoms with Crippen molar-refractivity contribution in [2.75, 3.05) is 19.6 Å². The molecule has 0 bridgehead atoms. The maximum atomic E-state index is 13.2. The first kappa shape index (κ1) is 22.7. The van der Waals surface area contributed by atoms with Crippen LogP contribution in [0, 0.1) is 5.82 Å². The summed E-state index contributed by atoms with van der Waals surface area (Å²) in [6, 6.07) is 16.2. The summed E-state index contributed by atoms with van der Waals surface area (Å²) in [6.07, 6.45) is 2.11. The molecular weight excluding hydrogens is 449 g/mol. The normalized spacial score (nSPS) is 17.7. The molecule has 2 aliphatic heterocycles. The second-order valence-electron chi connectivity index (χ2n) is 9.00. The second-order valence-corrected chi connectivity index (χ2v) is 10.00. The van der Waals surface area contributed by atoms with Crippen LogP contribution >= 0.6 is 11.3 Å². The Kier molecular flexibility index (Phi) is 6.74. The van der Waals surface area contributed by atoms with E-state index in [0.717, 1.165) is 24.1 Å². The molecule has 2 amide bonds. The van der Waals surface area contributed by atoms with Crippen LogP contribution in [0.25, 0.3) is 0 Å². The van der Waals surface area contributed by atoms with Gasteiger partial charge in [-0.1, -0.05) is 36.4 Å². The fraction of sp³-hybridized carbons (Fsp3) is 0.333. The molecule has 0 saturated heterocycles. The molecule has 1 unspecified atom stereocenters. The van der Waals surface area contributed by atoms with E-state index in [1.165, 1.54) is 28.1 Å². The number of nitrogens with one attached hydrogen (secondary N) is 1. The summed E-state index contributed by atoms with van der Waals surface area (Å²) >= 11 is 1.76. The number of rotatable bonds is 6. The molecular formula is C27H28FN3O2S. The second kappa shape index (κ2) is 10.1. The number of fused-ring (bicyclic) bond motifs is 2. The van der Waals surface area contributed by atoms with Crippen molar-refractivity contribution in [2.45, 2.75) is 38.4 Å². The van der Waals surface area contributed by atoms with E-state index in [-0.39, 0.29) is 24.2 Å². The maximum absolute atomic E-state index is 13.2. The van der Waals surface area contributed by atoms with E-state index in [0.29, 0.717) is 32.5 Å². The molecule has 0 fully saturated rings. The minimum atomic E-state index is -0.395. The highest BCUT2D eigenvalue weighted by atomic mass is 32.1. The zero-order chi connectivity index (χ0) is 23.5. The molecule has 1 N–H and O–H groups in total. The molecule has 1 atom stereocenters. The summed E-state index contributed by atoms with van der Waals surface area (Å²) in [4.78, 5) is 31.7. The van der Waals surface area contributed by atoms with Crippen molar-refractivity contribution in [3.8, 4) is 0 Å². The fourth-order valence-electron chi connectivity index (χ4n) is 4.84. The van der Waals surface area contributed by atoms with Crippen molar-refractivity contribution >= 4 is 23.2 Å². The van der Waals surface area contributed by atoms with Gasteiger partial charge in [0.25, 0.3) is 0 Å². The smallest absolute Gasteiger partial charge is 0.237 e. The summed E-state index contributed by atoms with van der Waals surface area (Å²) in [7, 11) is 0. The van der Waals surface area contributed by atoms with Gasteiger partial charge in [-0.25, -0.2) is 4.39 Å². The van der Waals surface area contributed by atoms with Crippen LogP contribution in [0.15, 0.2) is 60.0 Å². The van der Waals surface area contributed by atoms with Crippen molar-refractivity contribution in [1.29, 1.82) is 0 Å². The zero-order valence-electron chi connectivity index (χ0n) is 19.0. The van der Waals surface area contributed by atoms with Crippen molar-refractivity contribution < 1.29 is 14.0 Å². The van der Waals surface area contributed by atoms with E-state index in [9.17, 15) is 14.0 Å². The van der Waals surface area contributed by atoms with E-state index >= 15 is 0 Å². The van der Waals surface area contributed by atoms with E-state index in [4.69, 9.17) is 0 Å². The fourth-order valence-corrected chi connectivity index (χ4v) is 5.73. The quantitative estimate of drug-likeness (QED) is 0.591. The number of thiophene rings is 1. The Morgan fingerprint density at radius 1 is 1.00 bits per heavy atom. The van der Waals surface area contributed by atoms with Crippen LogP contribution in [-0.2, 0) is 41.9 Å². The van der Waals surface area contributed by atoms with E-state index in [1.807, 2.05) is 21.9 Å². The van der Waals surface area contributed by atoms with Gasteiger partial charge < -0.3 is 10.2 Å². The molecule has 7 heteroatoms. The minimum absolute atomic E-state index is 0.0665. The number of hydrogen-bond donors (Lipinski definition) is 1. The first-order valence-corrected chi connectivity index (χ1v) is 12.6. The molecule has 2 aliphatic rings. The van der Waals surface area contributed by atoms with Crippen molar-refractivity contribution in [1.82, 2.24) is 15.1 Å². The number of amides is 2. The van der Waals surface area contributed by atoms with Gasteiger partial charge in [0, 0.05) is 31.1 Å². The molecule has 5 nitrogen and oxygen atoms in total. The molecule has 1 aromatic heterocycles. The van der Waals surface area contributed by atoms with E-state index in [1.54, 1.807) is 23.5 Å². The van der Waals surface area contributed by atoms with Crippen LogP contribution < -0.4 is 5.32 Å². The lowest BCUT2D eigenvalue weighted by molar-refractivity contribution is -0.136. The van der Waals surface area contributed by atoms with Gasteiger partial charge in [0.2, 0.25) is 11.8 Å². The lowest BCUT2D eigenvalue weighted by Crippen LogP contribution is -2.53. The van der Waals surface area contributed by atoms with Gasteiger partial charge in [-0.15, -0.1) is 11.3 Å². The SMILES string of the molecule is O=C(NCCc1ccc(F)cc1)C1Cc2ccccc2CN1CC(=O)N1CCc2sccc2C1. The molecule has 0 spiro atoms.